The molecule has 2 aromatic rings. The molecule has 5 heteroatoms. The molecule has 3 nitrogen and oxygen atoms in total. The molecule has 2 aromatic carbocycles. The van der Waals surface area contributed by atoms with E-state index in [4.69, 9.17) is 18.0 Å². The van der Waals surface area contributed by atoms with Gasteiger partial charge in [-0.15, -0.1) is 6.42 Å². The molecular formula is C17H14ClNO2S. The van der Waals surface area contributed by atoms with Gasteiger partial charge in [-0.25, -0.2) is 8.42 Å². The summed E-state index contributed by atoms with van der Waals surface area (Å²) in [7, 11) is -3.50. The molecule has 22 heavy (non-hydrogen) atoms. The SMILES string of the molecule is C#Cc1ccc(Cl)cc1C1CN1S(=O)(=O)c1ccc(C)cc1. The van der Waals surface area contributed by atoms with Crippen LogP contribution in [0.5, 0.6) is 0 Å². The standard InChI is InChI=1S/C17H14ClNO2S/c1-3-13-6-7-14(18)10-16(13)17-11-19(17)22(20,21)15-8-4-12(2)5-9-15/h1,4-10,17H,11H2,2H3. The number of nitrogens with zero attached hydrogens (tertiary/aromatic N) is 1. The first-order chi connectivity index (χ1) is 10.4. The van der Waals surface area contributed by atoms with Crippen LogP contribution >= 0.6 is 11.6 Å². The van der Waals surface area contributed by atoms with Crippen LogP contribution in [0.25, 0.3) is 0 Å². The molecule has 0 N–H and O–H groups in total. The first kappa shape index (κ1) is 15.1. The van der Waals surface area contributed by atoms with E-state index in [0.29, 0.717) is 22.0 Å². The molecule has 0 amide bonds. The van der Waals surface area contributed by atoms with Crippen molar-refractivity contribution in [3.05, 3.63) is 64.2 Å². The summed E-state index contributed by atoms with van der Waals surface area (Å²) >= 11 is 6.01. The number of rotatable bonds is 3. The van der Waals surface area contributed by atoms with E-state index in [1.165, 1.54) is 4.31 Å². The van der Waals surface area contributed by atoms with E-state index in [-0.39, 0.29) is 6.04 Å². The van der Waals surface area contributed by atoms with E-state index in [1.807, 2.05) is 6.92 Å². The number of benzene rings is 2. The van der Waals surface area contributed by atoms with E-state index >= 15 is 0 Å². The Bertz CT molecular complexity index is 867. The van der Waals surface area contributed by atoms with Crippen molar-refractivity contribution >= 4 is 21.6 Å². The van der Waals surface area contributed by atoms with E-state index < -0.39 is 10.0 Å². The van der Waals surface area contributed by atoms with Crippen LogP contribution in [-0.4, -0.2) is 19.3 Å². The summed E-state index contributed by atoms with van der Waals surface area (Å²) in [5.74, 6) is 2.58. The highest BCUT2D eigenvalue weighted by Gasteiger charge is 2.46. The van der Waals surface area contributed by atoms with Crippen LogP contribution in [0, 0.1) is 19.3 Å². The molecule has 1 fully saturated rings. The van der Waals surface area contributed by atoms with Gasteiger partial charge in [0.1, 0.15) is 0 Å². The molecule has 0 aromatic heterocycles. The summed E-state index contributed by atoms with van der Waals surface area (Å²) in [6.07, 6.45) is 5.49. The van der Waals surface area contributed by atoms with Gasteiger partial charge in [-0.1, -0.05) is 35.2 Å². The van der Waals surface area contributed by atoms with Gasteiger partial charge >= 0.3 is 0 Å². The van der Waals surface area contributed by atoms with E-state index in [0.717, 1.165) is 11.1 Å². The molecule has 2 unspecified atom stereocenters. The predicted octanol–water partition coefficient (Wildman–Crippen LogP) is 3.38. The van der Waals surface area contributed by atoms with Crippen molar-refractivity contribution in [2.24, 2.45) is 0 Å². The van der Waals surface area contributed by atoms with Crippen LogP contribution in [0.4, 0.5) is 0 Å². The summed E-state index contributed by atoms with van der Waals surface area (Å²) in [5.41, 5.74) is 2.48. The monoisotopic (exact) mass is 331 g/mol. The van der Waals surface area contributed by atoms with Crippen LogP contribution in [0.2, 0.25) is 5.02 Å². The normalized spacial score (nSPS) is 20.4. The molecule has 0 bridgehead atoms. The third kappa shape index (κ3) is 2.64. The Labute approximate surface area is 135 Å². The molecule has 1 saturated heterocycles. The average Bonchev–Trinajstić information content (AvgIpc) is 3.28. The highest BCUT2D eigenvalue weighted by molar-refractivity contribution is 7.89. The van der Waals surface area contributed by atoms with Crippen LogP contribution in [0.3, 0.4) is 0 Å². The highest BCUT2D eigenvalue weighted by atomic mass is 35.5. The molecule has 3 rings (SSSR count). The Morgan fingerprint density at radius 1 is 1.23 bits per heavy atom. The zero-order valence-electron chi connectivity index (χ0n) is 12.0. The maximum absolute atomic E-state index is 12.6. The first-order valence-electron chi connectivity index (χ1n) is 6.78. The fourth-order valence-electron chi connectivity index (χ4n) is 2.43. The van der Waals surface area contributed by atoms with Gasteiger partial charge in [0.15, 0.2) is 0 Å². The number of hydrogen-bond donors (Lipinski definition) is 0. The second kappa shape index (κ2) is 5.44. The molecule has 2 atom stereocenters. The third-order valence-electron chi connectivity index (χ3n) is 3.72. The number of hydrogen-bond acceptors (Lipinski definition) is 2. The van der Waals surface area contributed by atoms with Crippen molar-refractivity contribution in [3.63, 3.8) is 0 Å². The van der Waals surface area contributed by atoms with Crippen LogP contribution in [0.15, 0.2) is 47.4 Å². The van der Waals surface area contributed by atoms with Gasteiger partial charge < -0.3 is 0 Å². The minimum absolute atomic E-state index is 0.240. The summed E-state index contributed by atoms with van der Waals surface area (Å²) < 4.78 is 26.7. The minimum atomic E-state index is -3.50. The van der Waals surface area contributed by atoms with Gasteiger partial charge in [0.25, 0.3) is 0 Å². The van der Waals surface area contributed by atoms with Crippen molar-refractivity contribution < 1.29 is 8.42 Å². The molecule has 112 valence electrons. The summed E-state index contributed by atoms with van der Waals surface area (Å²) in [6, 6.07) is 11.8. The van der Waals surface area contributed by atoms with Crippen LogP contribution in [-0.2, 0) is 10.0 Å². The van der Waals surface area contributed by atoms with Crippen molar-refractivity contribution in [2.75, 3.05) is 6.54 Å². The number of sulfonamides is 1. The zero-order valence-corrected chi connectivity index (χ0v) is 13.5. The first-order valence-corrected chi connectivity index (χ1v) is 8.60. The Balaban J connectivity index is 1.93. The Kier molecular flexibility index (Phi) is 3.73. The minimum Gasteiger partial charge on any atom is -0.207 e. The average molecular weight is 332 g/mol. The summed E-state index contributed by atoms with van der Waals surface area (Å²) in [6.45, 7) is 2.34. The Hall–Kier alpha value is -1.80. The number of aryl methyl sites for hydroxylation is 1. The van der Waals surface area contributed by atoms with Crippen LogP contribution < -0.4 is 0 Å². The van der Waals surface area contributed by atoms with Crippen molar-refractivity contribution in [3.8, 4) is 12.3 Å². The lowest BCUT2D eigenvalue weighted by molar-refractivity contribution is 0.554. The van der Waals surface area contributed by atoms with Crippen molar-refractivity contribution in [1.29, 1.82) is 0 Å². The van der Waals surface area contributed by atoms with Gasteiger partial charge in [-0.05, 0) is 42.8 Å². The number of halogens is 1. The lowest BCUT2D eigenvalue weighted by atomic mass is 10.1. The second-order valence-corrected chi connectivity index (χ2v) is 7.61. The topological polar surface area (TPSA) is 37.1 Å². The maximum Gasteiger partial charge on any atom is 0.243 e. The molecular weight excluding hydrogens is 318 g/mol. The lowest BCUT2D eigenvalue weighted by Gasteiger charge is -2.08. The zero-order chi connectivity index (χ0) is 15.9. The van der Waals surface area contributed by atoms with Crippen molar-refractivity contribution in [1.82, 2.24) is 4.31 Å². The fraction of sp³-hybridized carbons (Fsp3) is 0.176. The smallest absolute Gasteiger partial charge is 0.207 e. The summed E-state index contributed by atoms with van der Waals surface area (Å²) in [5, 5.41) is 0.550. The molecule has 0 radical (unpaired) electrons. The predicted molar refractivity (Wildman–Crippen MR) is 87.2 cm³/mol. The van der Waals surface area contributed by atoms with Gasteiger partial charge in [-0.2, -0.15) is 4.31 Å². The highest BCUT2D eigenvalue weighted by Crippen LogP contribution is 2.42. The van der Waals surface area contributed by atoms with Gasteiger partial charge in [0.05, 0.1) is 10.9 Å². The van der Waals surface area contributed by atoms with E-state index in [9.17, 15) is 8.42 Å². The molecule has 1 aliphatic heterocycles. The van der Waals surface area contributed by atoms with Gasteiger partial charge in [-0.3, -0.25) is 0 Å². The van der Waals surface area contributed by atoms with Gasteiger partial charge in [0.2, 0.25) is 10.0 Å². The molecule has 0 aliphatic carbocycles. The largest absolute Gasteiger partial charge is 0.243 e. The molecule has 0 saturated carbocycles. The van der Waals surface area contributed by atoms with E-state index in [1.54, 1.807) is 42.5 Å². The Morgan fingerprint density at radius 2 is 1.91 bits per heavy atom. The Morgan fingerprint density at radius 3 is 2.55 bits per heavy atom. The number of terminal acetylenes is 1. The van der Waals surface area contributed by atoms with Crippen LogP contribution in [0.1, 0.15) is 22.7 Å². The third-order valence-corrected chi connectivity index (χ3v) is 5.85. The molecule has 1 heterocycles. The molecule has 1 aliphatic rings. The van der Waals surface area contributed by atoms with Gasteiger partial charge in [0, 0.05) is 17.1 Å². The second-order valence-electron chi connectivity index (χ2n) is 5.28. The fourth-order valence-corrected chi connectivity index (χ4v) is 4.15. The lowest BCUT2D eigenvalue weighted by Crippen LogP contribution is -2.13. The van der Waals surface area contributed by atoms with E-state index in [2.05, 4.69) is 5.92 Å². The quantitative estimate of drug-likeness (QED) is 0.638. The summed E-state index contributed by atoms with van der Waals surface area (Å²) in [4.78, 5) is 0.296. The maximum atomic E-state index is 12.6. The van der Waals surface area contributed by atoms with Crippen molar-refractivity contribution in [2.45, 2.75) is 17.9 Å². The molecule has 0 spiro atoms.